The summed E-state index contributed by atoms with van der Waals surface area (Å²) in [5.41, 5.74) is 3.86. The van der Waals surface area contributed by atoms with Gasteiger partial charge in [0.05, 0.1) is 12.2 Å². The maximum Gasteiger partial charge on any atom is 0.339 e. The van der Waals surface area contributed by atoms with Crippen molar-refractivity contribution in [1.29, 1.82) is 0 Å². The highest BCUT2D eigenvalue weighted by atomic mass is 35.5. The molecule has 4 aromatic heterocycles. The van der Waals surface area contributed by atoms with Crippen LogP contribution in [0.2, 0.25) is 0 Å². The van der Waals surface area contributed by atoms with E-state index in [4.69, 9.17) is 9.40 Å². The minimum Gasteiger partial charge on any atom is -0.423 e. The molecule has 5 heterocycles. The third kappa shape index (κ3) is 6.89. The number of anilines is 1. The van der Waals surface area contributed by atoms with E-state index in [0.29, 0.717) is 24.6 Å². The average Bonchev–Trinajstić information content (AvgIpc) is 3.25. The second-order valence-corrected chi connectivity index (χ2v) is 9.30. The van der Waals surface area contributed by atoms with Gasteiger partial charge in [0.25, 0.3) is 0 Å². The van der Waals surface area contributed by atoms with Gasteiger partial charge in [-0.05, 0) is 55.7 Å². The van der Waals surface area contributed by atoms with E-state index >= 15 is 0 Å². The van der Waals surface area contributed by atoms with Gasteiger partial charge in [-0.25, -0.2) is 14.8 Å². The van der Waals surface area contributed by atoms with E-state index in [0.717, 1.165) is 66.2 Å². The molecule has 0 atom stereocenters. The molecule has 6 rings (SSSR count). The van der Waals surface area contributed by atoms with Gasteiger partial charge in [0.15, 0.2) is 5.65 Å². The van der Waals surface area contributed by atoms with E-state index in [1.54, 1.807) is 6.20 Å². The van der Waals surface area contributed by atoms with Crippen molar-refractivity contribution in [1.82, 2.24) is 24.4 Å². The van der Waals surface area contributed by atoms with Gasteiger partial charge >= 0.3 is 5.63 Å². The van der Waals surface area contributed by atoms with Crippen LogP contribution in [0.25, 0.3) is 22.1 Å². The van der Waals surface area contributed by atoms with Crippen LogP contribution in [0.3, 0.4) is 0 Å². The molecular formula is C28H31Cl3N6O2. The largest absolute Gasteiger partial charge is 0.423 e. The van der Waals surface area contributed by atoms with Crippen molar-refractivity contribution in [3.05, 3.63) is 94.7 Å². The maximum absolute atomic E-state index is 12.4. The molecule has 1 N–H and O–H groups in total. The van der Waals surface area contributed by atoms with Crippen LogP contribution in [-0.2, 0) is 13.0 Å². The van der Waals surface area contributed by atoms with Crippen LogP contribution in [0.4, 0.5) is 5.95 Å². The predicted molar refractivity (Wildman–Crippen MR) is 162 cm³/mol. The molecule has 5 aromatic rings. The minimum absolute atomic E-state index is 0. The lowest BCUT2D eigenvalue weighted by atomic mass is 10.0. The molecule has 0 bridgehead atoms. The smallest absolute Gasteiger partial charge is 0.339 e. The van der Waals surface area contributed by atoms with Crippen molar-refractivity contribution in [3.8, 4) is 0 Å². The van der Waals surface area contributed by atoms with E-state index in [1.165, 1.54) is 0 Å². The van der Waals surface area contributed by atoms with E-state index < -0.39 is 0 Å². The average molecular weight is 590 g/mol. The third-order valence-electron chi connectivity index (χ3n) is 6.88. The molecule has 206 valence electrons. The molecule has 1 fully saturated rings. The van der Waals surface area contributed by atoms with Gasteiger partial charge in [-0.15, -0.1) is 37.2 Å². The number of hydrogen-bond acceptors (Lipinski definition) is 7. The zero-order valence-electron chi connectivity index (χ0n) is 21.2. The van der Waals surface area contributed by atoms with Crippen LogP contribution in [0.1, 0.15) is 24.1 Å². The molecule has 0 aliphatic carbocycles. The lowest BCUT2D eigenvalue weighted by Gasteiger charge is -2.32. The van der Waals surface area contributed by atoms with E-state index in [9.17, 15) is 4.79 Å². The molecule has 0 spiro atoms. The molecule has 39 heavy (non-hydrogen) atoms. The Morgan fingerprint density at radius 2 is 1.69 bits per heavy atom. The van der Waals surface area contributed by atoms with Gasteiger partial charge in [0.2, 0.25) is 5.95 Å². The molecule has 8 nitrogen and oxygen atoms in total. The number of halogens is 3. The Kier molecular flexibility index (Phi) is 10.7. The normalized spacial score (nSPS) is 13.8. The SMILES string of the molecule is Cl.Cl.Cl.O=c1oc2ccccc2cc1CCN1CCC(Nc2nc3cccnc3n2Cc2ccccn2)CC1. The Bertz CT molecular complexity index is 1550. The van der Waals surface area contributed by atoms with Gasteiger partial charge in [-0.3, -0.25) is 9.55 Å². The summed E-state index contributed by atoms with van der Waals surface area (Å²) in [5.74, 6) is 0.835. The quantitative estimate of drug-likeness (QED) is 0.256. The molecule has 11 heteroatoms. The number of rotatable bonds is 7. The first-order valence-electron chi connectivity index (χ1n) is 12.4. The van der Waals surface area contributed by atoms with Crippen LogP contribution in [0.5, 0.6) is 0 Å². The monoisotopic (exact) mass is 588 g/mol. The van der Waals surface area contributed by atoms with Gasteiger partial charge in [-0.1, -0.05) is 24.3 Å². The Morgan fingerprint density at radius 3 is 2.49 bits per heavy atom. The number of piperidine rings is 1. The number of pyridine rings is 2. The van der Waals surface area contributed by atoms with Crippen LogP contribution < -0.4 is 10.9 Å². The molecular weight excluding hydrogens is 559 g/mol. The van der Waals surface area contributed by atoms with Crippen molar-refractivity contribution in [3.63, 3.8) is 0 Å². The number of imidazole rings is 1. The zero-order chi connectivity index (χ0) is 24.3. The number of fused-ring (bicyclic) bond motifs is 2. The number of hydrogen-bond donors (Lipinski definition) is 1. The topological polar surface area (TPSA) is 89.1 Å². The first kappa shape index (κ1) is 30.4. The summed E-state index contributed by atoms with van der Waals surface area (Å²) >= 11 is 0. The second kappa shape index (κ2) is 13.8. The predicted octanol–water partition coefficient (Wildman–Crippen LogP) is 5.37. The molecule has 0 unspecified atom stereocenters. The first-order valence-corrected chi connectivity index (χ1v) is 12.4. The van der Waals surface area contributed by atoms with Crippen LogP contribution >= 0.6 is 37.2 Å². The first-order chi connectivity index (χ1) is 17.7. The molecule has 1 saturated heterocycles. The summed E-state index contributed by atoms with van der Waals surface area (Å²) in [6, 6.07) is 19.8. The fourth-order valence-corrected chi connectivity index (χ4v) is 4.91. The molecule has 1 aliphatic heterocycles. The van der Waals surface area contributed by atoms with Crippen molar-refractivity contribution in [2.45, 2.75) is 31.8 Å². The van der Waals surface area contributed by atoms with Gasteiger partial charge in [-0.2, -0.15) is 0 Å². The summed E-state index contributed by atoms with van der Waals surface area (Å²) < 4.78 is 7.61. The maximum atomic E-state index is 12.4. The fourth-order valence-electron chi connectivity index (χ4n) is 4.91. The number of likely N-dealkylation sites (tertiary alicyclic amines) is 1. The summed E-state index contributed by atoms with van der Waals surface area (Å²) in [6.07, 6.45) is 6.32. The number of nitrogens with zero attached hydrogens (tertiary/aromatic N) is 5. The standard InChI is InChI=1S/C28H28N6O2.3ClH/c35-27-21(18-20-6-1-2-9-25(20)36-27)10-15-33-16-11-22(12-17-33)31-28-32-24-8-5-14-30-26(24)34(28)19-23-7-3-4-13-29-23;;;/h1-9,13-14,18,22H,10-12,15-17,19H2,(H,31,32);3*1H. The van der Waals surface area contributed by atoms with Crippen molar-refractivity contribution in [2.24, 2.45) is 0 Å². The van der Waals surface area contributed by atoms with E-state index in [2.05, 4.69) is 24.8 Å². The van der Waals surface area contributed by atoms with Crippen molar-refractivity contribution in [2.75, 3.05) is 25.0 Å². The van der Waals surface area contributed by atoms with E-state index in [-0.39, 0.29) is 42.8 Å². The minimum atomic E-state index is -0.231. The molecule has 1 aliphatic rings. The highest BCUT2D eigenvalue weighted by molar-refractivity contribution is 5.86. The number of benzene rings is 1. The fraction of sp³-hybridized carbons (Fsp3) is 0.286. The van der Waals surface area contributed by atoms with Crippen molar-refractivity contribution >= 4 is 65.3 Å². The summed E-state index contributed by atoms with van der Waals surface area (Å²) in [4.78, 5) is 28.7. The Hall–Kier alpha value is -3.17. The van der Waals surface area contributed by atoms with Crippen LogP contribution in [-0.4, -0.2) is 50.1 Å². The van der Waals surface area contributed by atoms with Crippen molar-refractivity contribution < 1.29 is 4.42 Å². The zero-order valence-corrected chi connectivity index (χ0v) is 23.7. The molecule has 0 amide bonds. The number of para-hydroxylation sites is 1. The lowest BCUT2D eigenvalue weighted by molar-refractivity contribution is 0.220. The third-order valence-corrected chi connectivity index (χ3v) is 6.88. The van der Waals surface area contributed by atoms with Gasteiger partial charge in [0, 0.05) is 49.0 Å². The summed E-state index contributed by atoms with van der Waals surface area (Å²) in [6.45, 7) is 3.40. The van der Waals surface area contributed by atoms with Crippen LogP contribution in [0.15, 0.2) is 82.3 Å². The molecule has 0 radical (unpaired) electrons. The Morgan fingerprint density at radius 1 is 0.923 bits per heavy atom. The highest BCUT2D eigenvalue weighted by Crippen LogP contribution is 2.22. The lowest BCUT2D eigenvalue weighted by Crippen LogP contribution is -2.40. The van der Waals surface area contributed by atoms with Gasteiger partial charge in [0.1, 0.15) is 11.1 Å². The van der Waals surface area contributed by atoms with Gasteiger partial charge < -0.3 is 14.6 Å². The molecule has 0 saturated carbocycles. The number of nitrogens with one attached hydrogen (secondary N) is 1. The Labute approximate surface area is 245 Å². The van der Waals surface area contributed by atoms with E-state index in [1.807, 2.05) is 66.9 Å². The summed E-state index contributed by atoms with van der Waals surface area (Å²) in [5, 5.41) is 4.65. The number of aromatic nitrogens is 4. The van der Waals surface area contributed by atoms with Crippen LogP contribution in [0, 0.1) is 0 Å². The second-order valence-electron chi connectivity index (χ2n) is 9.30. The molecule has 1 aromatic carbocycles. The summed E-state index contributed by atoms with van der Waals surface area (Å²) in [7, 11) is 0. The highest BCUT2D eigenvalue weighted by Gasteiger charge is 2.22. The Balaban J connectivity index is 0.00000140.